The normalized spacial score (nSPS) is 11.8. The molecular formula is C64H88BrNO3. The molecule has 0 aliphatic heterocycles. The maximum absolute atomic E-state index is 14.9. The summed E-state index contributed by atoms with van der Waals surface area (Å²) >= 11 is 3.77. The van der Waals surface area contributed by atoms with Crippen molar-refractivity contribution >= 4 is 76.6 Å². The monoisotopic (exact) mass is 998 g/mol. The van der Waals surface area contributed by atoms with Gasteiger partial charge in [-0.3, -0.25) is 4.79 Å². The Morgan fingerprint density at radius 2 is 0.797 bits per heavy atom. The number of carbonyl (C=O) groups is 2. The largest absolute Gasteiger partial charge is 0.478 e. The van der Waals surface area contributed by atoms with E-state index in [0.717, 1.165) is 80.0 Å². The van der Waals surface area contributed by atoms with Crippen molar-refractivity contribution in [1.82, 2.24) is 0 Å². The second kappa shape index (κ2) is 30.0. The van der Waals surface area contributed by atoms with Crippen molar-refractivity contribution < 1.29 is 14.7 Å². The maximum Gasteiger partial charge on any atom is 0.336 e. The number of aromatic carboxylic acids is 1. The van der Waals surface area contributed by atoms with Crippen molar-refractivity contribution in [3.8, 4) is 0 Å². The molecule has 0 saturated carbocycles. The smallest absolute Gasteiger partial charge is 0.336 e. The molecule has 1 amide bonds. The zero-order chi connectivity index (χ0) is 48.6. The molecular weight excluding hydrogens is 911 g/mol. The van der Waals surface area contributed by atoms with Crippen molar-refractivity contribution in [2.45, 2.75) is 233 Å². The molecule has 2 N–H and O–H groups in total. The van der Waals surface area contributed by atoms with E-state index in [1.807, 2.05) is 18.2 Å². The van der Waals surface area contributed by atoms with Gasteiger partial charge in [0.1, 0.15) is 0 Å². The molecule has 374 valence electrons. The molecule has 5 heteroatoms. The maximum atomic E-state index is 14.9. The highest BCUT2D eigenvalue weighted by atomic mass is 79.9. The van der Waals surface area contributed by atoms with Gasteiger partial charge < -0.3 is 10.4 Å². The van der Waals surface area contributed by atoms with Crippen LogP contribution in [0, 0.1) is 0 Å². The fourth-order valence-electron chi connectivity index (χ4n) is 11.4. The lowest BCUT2D eigenvalue weighted by Crippen LogP contribution is -2.15. The summed E-state index contributed by atoms with van der Waals surface area (Å²) in [6.07, 6.45) is 42.8. The Morgan fingerprint density at radius 3 is 1.26 bits per heavy atom. The lowest BCUT2D eigenvalue weighted by molar-refractivity contribution is 0.0699. The Hall–Kier alpha value is -3.96. The van der Waals surface area contributed by atoms with Gasteiger partial charge in [0.25, 0.3) is 5.91 Å². The molecule has 0 aliphatic carbocycles. The predicted molar refractivity (Wildman–Crippen MR) is 303 cm³/mol. The molecule has 4 nitrogen and oxygen atoms in total. The minimum absolute atomic E-state index is 0.156. The molecule has 6 aromatic carbocycles. The van der Waals surface area contributed by atoms with Crippen molar-refractivity contribution in [2.24, 2.45) is 0 Å². The minimum Gasteiger partial charge on any atom is -0.478 e. The first-order valence-corrected chi connectivity index (χ1v) is 29.2. The van der Waals surface area contributed by atoms with Crippen LogP contribution < -0.4 is 5.32 Å². The zero-order valence-corrected chi connectivity index (χ0v) is 44.9. The van der Waals surface area contributed by atoms with Gasteiger partial charge in [-0.2, -0.15) is 0 Å². The number of fused-ring (bicyclic) bond motifs is 2. The summed E-state index contributed by atoms with van der Waals surface area (Å²) in [7, 11) is 0. The summed E-state index contributed by atoms with van der Waals surface area (Å²) in [5.41, 5.74) is 5.75. The Labute approximate surface area is 426 Å². The second-order valence-corrected chi connectivity index (χ2v) is 21.6. The molecule has 6 rings (SSSR count). The van der Waals surface area contributed by atoms with Gasteiger partial charge in [-0.15, -0.1) is 0 Å². The number of carbonyl (C=O) groups excluding carboxylic acids is 1. The molecule has 0 aromatic heterocycles. The highest BCUT2D eigenvalue weighted by Crippen LogP contribution is 2.44. The fraction of sp³-hybridized carbons (Fsp3) is 0.562. The van der Waals surface area contributed by atoms with E-state index in [1.165, 1.54) is 196 Å². The number of hydrogen-bond acceptors (Lipinski definition) is 2. The predicted octanol–water partition coefficient (Wildman–Crippen LogP) is 20.8. The molecule has 69 heavy (non-hydrogen) atoms. The summed E-state index contributed by atoms with van der Waals surface area (Å²) in [4.78, 5) is 27.9. The van der Waals surface area contributed by atoms with E-state index in [9.17, 15) is 14.7 Å². The van der Waals surface area contributed by atoms with E-state index in [2.05, 4.69) is 84.5 Å². The van der Waals surface area contributed by atoms with Gasteiger partial charge in [0.2, 0.25) is 0 Å². The van der Waals surface area contributed by atoms with Crippen LogP contribution in [0.5, 0.6) is 0 Å². The highest BCUT2D eigenvalue weighted by molar-refractivity contribution is 9.10. The summed E-state index contributed by atoms with van der Waals surface area (Å²) in [6, 6.07) is 22.6. The topological polar surface area (TPSA) is 66.4 Å². The number of hydrogen-bond donors (Lipinski definition) is 2. The second-order valence-electron chi connectivity index (χ2n) is 20.7. The van der Waals surface area contributed by atoms with E-state index >= 15 is 0 Å². The van der Waals surface area contributed by atoms with Gasteiger partial charge in [-0.25, -0.2) is 4.79 Å². The van der Waals surface area contributed by atoms with Crippen LogP contribution in [0.3, 0.4) is 0 Å². The summed E-state index contributed by atoms with van der Waals surface area (Å²) in [5, 5.41) is 21.7. The van der Waals surface area contributed by atoms with E-state index in [4.69, 9.17) is 0 Å². The first kappa shape index (κ1) is 54.4. The van der Waals surface area contributed by atoms with Gasteiger partial charge in [-0.1, -0.05) is 246 Å². The molecule has 0 heterocycles. The third-order valence-electron chi connectivity index (χ3n) is 15.3. The van der Waals surface area contributed by atoms with Gasteiger partial charge in [-0.05, 0) is 123 Å². The van der Waals surface area contributed by atoms with Crippen LogP contribution in [-0.4, -0.2) is 17.0 Å². The molecule has 0 spiro atoms. The standard InChI is InChI=1S/C64H88BrNO3/c1-4-7-10-13-16-19-22-25-28-31-35-48-46-50(47-49(36-32-29-26-23-20-17-14-11-8-5-2)51(48)37-33-30-27-24-21-18-15-12-9-6-3)66-63(67)57-42-40-54-52-38-34-39-56-59(65)45-44-53(60(52)56)55-41-43-58(64(68)69)62(57)61(54)55/h34,38-47H,4-33,35-37H2,1-3H3,(H,66,67)(H,68,69). The van der Waals surface area contributed by atoms with E-state index in [0.29, 0.717) is 10.9 Å². The fourth-order valence-corrected chi connectivity index (χ4v) is 11.8. The number of halogens is 1. The van der Waals surface area contributed by atoms with Crippen LogP contribution in [0.15, 0.2) is 71.2 Å². The summed E-state index contributed by atoms with van der Waals surface area (Å²) < 4.78 is 1.02. The lowest BCUT2D eigenvalue weighted by atomic mass is 9.86. The average molecular weight is 999 g/mol. The number of rotatable bonds is 36. The van der Waals surface area contributed by atoms with E-state index < -0.39 is 5.97 Å². The SMILES string of the molecule is CCCCCCCCCCCCc1cc(NC(=O)c2ccc3c4cccc5c(Br)ccc(c6ccc(C(=O)O)c2c63)c54)cc(CCCCCCCCCCCC)c1CCCCCCCCCCCC. The van der Waals surface area contributed by atoms with Crippen molar-refractivity contribution in [2.75, 3.05) is 5.32 Å². The average Bonchev–Trinajstić information content (AvgIpc) is 3.35. The Balaban J connectivity index is 1.27. The molecule has 0 saturated heterocycles. The number of anilines is 1. The first-order valence-electron chi connectivity index (χ1n) is 28.4. The summed E-state index contributed by atoms with van der Waals surface area (Å²) in [5.74, 6) is -1.28. The van der Waals surface area contributed by atoms with Crippen LogP contribution in [0.2, 0.25) is 0 Å². The van der Waals surface area contributed by atoms with Crippen LogP contribution in [0.4, 0.5) is 5.69 Å². The zero-order valence-electron chi connectivity index (χ0n) is 43.3. The number of amides is 1. The minimum atomic E-state index is -1.03. The van der Waals surface area contributed by atoms with Crippen LogP contribution in [-0.2, 0) is 19.3 Å². The van der Waals surface area contributed by atoms with Gasteiger partial charge in [0.05, 0.1) is 5.56 Å². The lowest BCUT2D eigenvalue weighted by Gasteiger charge is -2.20. The third-order valence-corrected chi connectivity index (χ3v) is 16.0. The molecule has 0 fully saturated rings. The molecule has 0 radical (unpaired) electrons. The molecule has 6 aromatic rings. The van der Waals surface area contributed by atoms with Crippen molar-refractivity contribution in [3.05, 3.63) is 99.0 Å². The highest BCUT2D eigenvalue weighted by Gasteiger charge is 2.23. The molecule has 0 bridgehead atoms. The van der Waals surface area contributed by atoms with E-state index in [-0.39, 0.29) is 11.5 Å². The molecule has 0 aliphatic rings. The number of aryl methyl sites for hydroxylation is 2. The third kappa shape index (κ3) is 15.8. The van der Waals surface area contributed by atoms with Crippen molar-refractivity contribution in [1.29, 1.82) is 0 Å². The number of unbranched alkanes of at least 4 members (excludes halogenated alkanes) is 27. The van der Waals surface area contributed by atoms with Gasteiger partial charge in [0, 0.05) is 21.1 Å². The van der Waals surface area contributed by atoms with Gasteiger partial charge >= 0.3 is 5.97 Å². The first-order chi connectivity index (χ1) is 33.9. The Morgan fingerprint density at radius 1 is 0.420 bits per heavy atom. The quantitative estimate of drug-likeness (QED) is 0.0234. The van der Waals surface area contributed by atoms with E-state index in [1.54, 1.807) is 6.07 Å². The Kier molecular flexibility index (Phi) is 23.7. The van der Waals surface area contributed by atoms with Gasteiger partial charge in [0.15, 0.2) is 0 Å². The number of carboxylic acids is 1. The Bertz CT molecular complexity index is 2420. The number of benzene rings is 6. The molecule has 0 atom stereocenters. The van der Waals surface area contributed by atoms with Crippen LogP contribution in [0.1, 0.15) is 251 Å². The van der Waals surface area contributed by atoms with Crippen LogP contribution in [0.25, 0.3) is 43.1 Å². The molecule has 0 unspecified atom stereocenters. The van der Waals surface area contributed by atoms with Crippen LogP contribution >= 0.6 is 15.9 Å². The summed E-state index contributed by atoms with van der Waals surface area (Å²) in [6.45, 7) is 6.88. The number of nitrogens with one attached hydrogen (secondary N) is 1. The number of carboxylic acid groups (broad SMARTS) is 1. The van der Waals surface area contributed by atoms with Crippen molar-refractivity contribution in [3.63, 3.8) is 0 Å².